The van der Waals surface area contributed by atoms with Crippen molar-refractivity contribution in [3.8, 4) is 11.5 Å². The lowest BCUT2D eigenvalue weighted by atomic mass is 10.1. The van der Waals surface area contributed by atoms with E-state index in [1.165, 1.54) is 0 Å². The van der Waals surface area contributed by atoms with E-state index in [-0.39, 0.29) is 6.04 Å². The topological polar surface area (TPSA) is 44.5 Å². The Hall–Kier alpha value is -1.52. The molecule has 0 aromatic heterocycles. The van der Waals surface area contributed by atoms with Crippen LogP contribution in [-0.2, 0) is 6.61 Å². The lowest BCUT2D eigenvalue weighted by Gasteiger charge is -2.17. The van der Waals surface area contributed by atoms with Crippen molar-refractivity contribution in [3.63, 3.8) is 0 Å². The van der Waals surface area contributed by atoms with E-state index in [1.54, 1.807) is 7.11 Å². The van der Waals surface area contributed by atoms with Crippen LogP contribution in [0.15, 0.2) is 46.9 Å². The van der Waals surface area contributed by atoms with Crippen LogP contribution in [-0.4, -0.2) is 7.11 Å². The molecule has 0 aliphatic carbocycles. The summed E-state index contributed by atoms with van der Waals surface area (Å²) in [6.45, 7) is 2.41. The van der Waals surface area contributed by atoms with Crippen LogP contribution in [0.4, 0.5) is 0 Å². The Morgan fingerprint density at radius 1 is 1.15 bits per heavy atom. The summed E-state index contributed by atoms with van der Waals surface area (Å²) >= 11 is 3.45. The normalized spacial score (nSPS) is 12.0. The lowest BCUT2D eigenvalue weighted by molar-refractivity contribution is 0.297. The van der Waals surface area contributed by atoms with E-state index < -0.39 is 0 Å². The monoisotopic (exact) mass is 335 g/mol. The van der Waals surface area contributed by atoms with Gasteiger partial charge in [-0.25, -0.2) is 0 Å². The first-order chi connectivity index (χ1) is 9.61. The Morgan fingerprint density at radius 2 is 1.85 bits per heavy atom. The van der Waals surface area contributed by atoms with Crippen molar-refractivity contribution in [2.24, 2.45) is 5.73 Å². The highest BCUT2D eigenvalue weighted by Gasteiger charge is 2.14. The maximum atomic E-state index is 6.02. The van der Waals surface area contributed by atoms with Crippen LogP contribution >= 0.6 is 15.9 Å². The van der Waals surface area contributed by atoms with Crippen LogP contribution in [0.25, 0.3) is 0 Å². The zero-order chi connectivity index (χ0) is 14.5. The van der Waals surface area contributed by atoms with Crippen LogP contribution in [0.5, 0.6) is 11.5 Å². The predicted octanol–water partition coefficient (Wildman–Crippen LogP) is 4.06. The molecule has 2 aromatic carbocycles. The second kappa shape index (κ2) is 6.77. The zero-order valence-electron chi connectivity index (χ0n) is 11.6. The molecular weight excluding hydrogens is 318 g/mol. The van der Waals surface area contributed by atoms with Gasteiger partial charge in [-0.05, 0) is 36.8 Å². The van der Waals surface area contributed by atoms with Gasteiger partial charge in [0.15, 0.2) is 0 Å². The maximum Gasteiger partial charge on any atom is 0.128 e. The van der Waals surface area contributed by atoms with Gasteiger partial charge in [-0.3, -0.25) is 0 Å². The van der Waals surface area contributed by atoms with Crippen molar-refractivity contribution in [1.82, 2.24) is 0 Å². The molecule has 0 saturated carbocycles. The van der Waals surface area contributed by atoms with Crippen molar-refractivity contribution in [2.75, 3.05) is 7.11 Å². The highest BCUT2D eigenvalue weighted by molar-refractivity contribution is 9.10. The van der Waals surface area contributed by atoms with Gasteiger partial charge in [-0.1, -0.05) is 34.1 Å². The Morgan fingerprint density at radius 3 is 2.50 bits per heavy atom. The quantitative estimate of drug-likeness (QED) is 0.896. The van der Waals surface area contributed by atoms with E-state index in [2.05, 4.69) is 15.9 Å². The molecule has 0 aliphatic heterocycles. The average Bonchev–Trinajstić information content (AvgIpc) is 2.44. The second-order valence-corrected chi connectivity index (χ2v) is 5.50. The van der Waals surface area contributed by atoms with Gasteiger partial charge in [0.1, 0.15) is 18.1 Å². The molecule has 4 heteroatoms. The number of methoxy groups -OCH3 is 1. The van der Waals surface area contributed by atoms with Crippen molar-refractivity contribution in [1.29, 1.82) is 0 Å². The number of ether oxygens (including phenoxy) is 2. The fraction of sp³-hybridized carbons (Fsp3) is 0.250. The maximum absolute atomic E-state index is 6.02. The Labute approximate surface area is 127 Å². The molecule has 0 unspecified atom stereocenters. The lowest BCUT2D eigenvalue weighted by Crippen LogP contribution is -2.10. The summed E-state index contributed by atoms with van der Waals surface area (Å²) in [5.41, 5.74) is 8.01. The van der Waals surface area contributed by atoms with E-state index in [4.69, 9.17) is 15.2 Å². The summed E-state index contributed by atoms with van der Waals surface area (Å²) in [5.74, 6) is 1.52. The average molecular weight is 336 g/mol. The molecule has 3 nitrogen and oxygen atoms in total. The third-order valence-corrected chi connectivity index (χ3v) is 3.48. The molecule has 2 rings (SSSR count). The van der Waals surface area contributed by atoms with Gasteiger partial charge in [0.2, 0.25) is 0 Å². The second-order valence-electron chi connectivity index (χ2n) is 4.58. The smallest absolute Gasteiger partial charge is 0.128 e. The number of benzene rings is 2. The Balaban J connectivity index is 2.21. The van der Waals surface area contributed by atoms with Gasteiger partial charge in [-0.2, -0.15) is 0 Å². The van der Waals surface area contributed by atoms with Crippen molar-refractivity contribution in [3.05, 3.63) is 58.1 Å². The van der Waals surface area contributed by atoms with Gasteiger partial charge in [-0.15, -0.1) is 0 Å². The largest absolute Gasteiger partial charge is 0.496 e. The van der Waals surface area contributed by atoms with E-state index in [1.807, 2.05) is 49.4 Å². The highest BCUT2D eigenvalue weighted by atomic mass is 79.9. The van der Waals surface area contributed by atoms with E-state index >= 15 is 0 Å². The van der Waals surface area contributed by atoms with Gasteiger partial charge in [0.05, 0.1) is 12.7 Å². The highest BCUT2D eigenvalue weighted by Crippen LogP contribution is 2.33. The van der Waals surface area contributed by atoms with Gasteiger partial charge in [0, 0.05) is 10.5 Å². The molecule has 2 aromatic rings. The SMILES string of the molecule is COc1cccc(OCc2cccc(Br)c2)c1[C@@H](C)N. The predicted molar refractivity (Wildman–Crippen MR) is 84.1 cm³/mol. The fourth-order valence-corrected chi connectivity index (χ4v) is 2.51. The third kappa shape index (κ3) is 3.52. The molecule has 2 N–H and O–H groups in total. The minimum atomic E-state index is -0.149. The number of rotatable bonds is 5. The van der Waals surface area contributed by atoms with Crippen LogP contribution in [0.1, 0.15) is 24.1 Å². The minimum Gasteiger partial charge on any atom is -0.496 e. The molecule has 1 atom stereocenters. The summed E-state index contributed by atoms with van der Waals surface area (Å²) in [7, 11) is 1.64. The molecule has 0 aliphatic rings. The third-order valence-electron chi connectivity index (χ3n) is 2.98. The summed E-state index contributed by atoms with van der Waals surface area (Å²) in [4.78, 5) is 0. The van der Waals surface area contributed by atoms with Gasteiger partial charge >= 0.3 is 0 Å². The molecule has 0 bridgehead atoms. The molecule has 0 fully saturated rings. The van der Waals surface area contributed by atoms with Crippen molar-refractivity contribution >= 4 is 15.9 Å². The van der Waals surface area contributed by atoms with E-state index in [0.717, 1.165) is 27.1 Å². The number of hydrogen-bond acceptors (Lipinski definition) is 3. The molecule has 0 radical (unpaired) electrons. The first kappa shape index (κ1) is 14.9. The molecular formula is C16H18BrNO2. The molecule has 106 valence electrons. The van der Waals surface area contributed by atoms with Crippen LogP contribution in [0.2, 0.25) is 0 Å². The number of nitrogens with two attached hydrogens (primary N) is 1. The molecule has 0 spiro atoms. The Kier molecular flexibility index (Phi) is 5.04. The standard InChI is InChI=1S/C16H18BrNO2/c1-11(18)16-14(19-2)7-4-8-15(16)20-10-12-5-3-6-13(17)9-12/h3-9,11H,10,18H2,1-2H3/t11-/m1/s1. The Bertz CT molecular complexity index is 584. The number of halogens is 1. The molecule has 0 heterocycles. The van der Waals surface area contributed by atoms with Gasteiger partial charge in [0.25, 0.3) is 0 Å². The van der Waals surface area contributed by atoms with E-state index in [9.17, 15) is 0 Å². The van der Waals surface area contributed by atoms with Crippen LogP contribution in [0.3, 0.4) is 0 Å². The summed E-state index contributed by atoms with van der Waals surface area (Å²) in [5, 5.41) is 0. The number of hydrogen-bond donors (Lipinski definition) is 1. The van der Waals surface area contributed by atoms with E-state index in [0.29, 0.717) is 6.61 Å². The van der Waals surface area contributed by atoms with Crippen molar-refractivity contribution < 1.29 is 9.47 Å². The summed E-state index contributed by atoms with van der Waals surface area (Å²) in [6.07, 6.45) is 0. The zero-order valence-corrected chi connectivity index (χ0v) is 13.2. The van der Waals surface area contributed by atoms with Crippen LogP contribution in [0, 0.1) is 0 Å². The van der Waals surface area contributed by atoms with Crippen molar-refractivity contribution in [2.45, 2.75) is 19.6 Å². The molecule has 0 amide bonds. The fourth-order valence-electron chi connectivity index (χ4n) is 2.06. The summed E-state index contributed by atoms with van der Waals surface area (Å²) in [6, 6.07) is 13.6. The van der Waals surface area contributed by atoms with Crippen LogP contribution < -0.4 is 15.2 Å². The molecule has 0 saturated heterocycles. The first-order valence-corrected chi connectivity index (χ1v) is 7.21. The first-order valence-electron chi connectivity index (χ1n) is 6.41. The summed E-state index contributed by atoms with van der Waals surface area (Å²) < 4.78 is 12.3. The minimum absolute atomic E-state index is 0.149. The van der Waals surface area contributed by atoms with Gasteiger partial charge < -0.3 is 15.2 Å². The molecule has 20 heavy (non-hydrogen) atoms.